The molecule has 2 amide bonds. The molecule has 2 aromatic carbocycles. The Balaban J connectivity index is 1.82. The molecule has 1 N–H and O–H groups in total. The fraction of sp³-hybridized carbons (Fsp3) is 0.440. The van der Waals surface area contributed by atoms with Crippen molar-refractivity contribution in [2.75, 3.05) is 24.3 Å². The maximum absolute atomic E-state index is 12.7. The first-order chi connectivity index (χ1) is 14.5. The number of hydrogen-bond donors (Lipinski definition) is 1. The zero-order chi connectivity index (χ0) is 21.5. The third-order valence-electron chi connectivity index (χ3n) is 5.79. The van der Waals surface area contributed by atoms with Gasteiger partial charge in [0, 0.05) is 50.9 Å². The minimum absolute atomic E-state index is 0.113. The maximum Gasteiger partial charge on any atom is 0.227 e. The van der Waals surface area contributed by atoms with Crippen LogP contribution in [0.25, 0.3) is 0 Å². The van der Waals surface area contributed by atoms with E-state index in [0.29, 0.717) is 19.5 Å². The number of carbonyl (C=O) groups excluding carboxylic acids is 2. The molecule has 1 saturated carbocycles. The van der Waals surface area contributed by atoms with Crippen molar-refractivity contribution >= 4 is 23.2 Å². The zero-order valence-electron chi connectivity index (χ0n) is 18.4. The lowest BCUT2D eigenvalue weighted by Gasteiger charge is -2.26. The lowest BCUT2D eigenvalue weighted by atomic mass is 10.1. The number of rotatable bonds is 8. The lowest BCUT2D eigenvalue weighted by molar-refractivity contribution is -0.132. The van der Waals surface area contributed by atoms with Gasteiger partial charge in [-0.15, -0.1) is 0 Å². The standard InChI is InChI=1S/C25H33N3O2/c1-4-24(29)28(17-19-10-6-5-7-11-19)18-21-16-22(14-15-23(21)27(2)3)26-25(30)20-12-8-9-13-20/h5-7,10-11,14-16,20H,4,8-9,12-13,17-18H2,1-3H3,(H,26,30). The van der Waals surface area contributed by atoms with Crippen LogP contribution in [0.3, 0.4) is 0 Å². The van der Waals surface area contributed by atoms with E-state index in [0.717, 1.165) is 48.2 Å². The number of nitrogens with one attached hydrogen (secondary N) is 1. The number of hydrogen-bond acceptors (Lipinski definition) is 3. The average Bonchev–Trinajstić information content (AvgIpc) is 3.28. The number of amides is 2. The second kappa shape index (κ2) is 10.3. The molecule has 1 fully saturated rings. The number of nitrogens with zero attached hydrogens (tertiary/aromatic N) is 2. The van der Waals surface area contributed by atoms with Crippen molar-refractivity contribution in [1.29, 1.82) is 0 Å². The van der Waals surface area contributed by atoms with Gasteiger partial charge in [0.25, 0.3) is 0 Å². The highest BCUT2D eigenvalue weighted by Gasteiger charge is 2.23. The summed E-state index contributed by atoms with van der Waals surface area (Å²) in [6.45, 7) is 2.96. The van der Waals surface area contributed by atoms with Crippen LogP contribution in [0.2, 0.25) is 0 Å². The summed E-state index contributed by atoms with van der Waals surface area (Å²) >= 11 is 0. The first-order valence-electron chi connectivity index (χ1n) is 10.9. The Morgan fingerprint density at radius 1 is 1.00 bits per heavy atom. The molecule has 0 heterocycles. The normalized spacial score (nSPS) is 13.8. The number of carbonyl (C=O) groups is 2. The number of benzene rings is 2. The van der Waals surface area contributed by atoms with Gasteiger partial charge in [0.2, 0.25) is 11.8 Å². The zero-order valence-corrected chi connectivity index (χ0v) is 18.4. The summed E-state index contributed by atoms with van der Waals surface area (Å²) in [4.78, 5) is 29.2. The molecule has 0 saturated heterocycles. The van der Waals surface area contributed by atoms with E-state index in [4.69, 9.17) is 0 Å². The Morgan fingerprint density at radius 3 is 2.33 bits per heavy atom. The Hall–Kier alpha value is -2.82. The van der Waals surface area contributed by atoms with Crippen LogP contribution in [0.15, 0.2) is 48.5 Å². The third-order valence-corrected chi connectivity index (χ3v) is 5.79. The van der Waals surface area contributed by atoms with Gasteiger partial charge in [-0.3, -0.25) is 9.59 Å². The van der Waals surface area contributed by atoms with Crippen molar-refractivity contribution in [3.63, 3.8) is 0 Å². The molecule has 0 aromatic heterocycles. The molecule has 5 heteroatoms. The lowest BCUT2D eigenvalue weighted by Crippen LogP contribution is -2.30. The molecule has 160 valence electrons. The largest absolute Gasteiger partial charge is 0.377 e. The van der Waals surface area contributed by atoms with Gasteiger partial charge < -0.3 is 15.1 Å². The Labute approximate surface area is 180 Å². The summed E-state index contributed by atoms with van der Waals surface area (Å²) < 4.78 is 0. The minimum Gasteiger partial charge on any atom is -0.377 e. The molecular weight excluding hydrogens is 374 g/mol. The molecule has 3 rings (SSSR count). The monoisotopic (exact) mass is 407 g/mol. The highest BCUT2D eigenvalue weighted by molar-refractivity contribution is 5.93. The maximum atomic E-state index is 12.7. The second-order valence-corrected chi connectivity index (χ2v) is 8.30. The molecular formula is C25H33N3O2. The van der Waals surface area contributed by atoms with Gasteiger partial charge in [-0.25, -0.2) is 0 Å². The Morgan fingerprint density at radius 2 is 1.70 bits per heavy atom. The Bertz CT molecular complexity index is 858. The van der Waals surface area contributed by atoms with Gasteiger partial charge >= 0.3 is 0 Å². The summed E-state index contributed by atoms with van der Waals surface area (Å²) in [5, 5.41) is 3.10. The molecule has 0 aliphatic heterocycles. The van der Waals surface area contributed by atoms with Crippen LogP contribution in [-0.2, 0) is 22.7 Å². The van der Waals surface area contributed by atoms with Crippen LogP contribution >= 0.6 is 0 Å². The smallest absolute Gasteiger partial charge is 0.227 e. The van der Waals surface area contributed by atoms with Crippen molar-refractivity contribution in [3.05, 3.63) is 59.7 Å². The molecule has 0 atom stereocenters. The van der Waals surface area contributed by atoms with Crippen LogP contribution in [0, 0.1) is 5.92 Å². The molecule has 0 bridgehead atoms. The highest BCUT2D eigenvalue weighted by atomic mass is 16.2. The molecule has 0 spiro atoms. The van der Waals surface area contributed by atoms with E-state index in [9.17, 15) is 9.59 Å². The summed E-state index contributed by atoms with van der Waals surface area (Å²) in [6, 6.07) is 16.1. The molecule has 0 unspecified atom stereocenters. The second-order valence-electron chi connectivity index (χ2n) is 8.30. The molecule has 0 radical (unpaired) electrons. The predicted molar refractivity (Wildman–Crippen MR) is 122 cm³/mol. The number of anilines is 2. The fourth-order valence-corrected chi connectivity index (χ4v) is 4.12. The summed E-state index contributed by atoms with van der Waals surface area (Å²) in [7, 11) is 4.00. The molecule has 2 aromatic rings. The molecule has 1 aliphatic rings. The van der Waals surface area contributed by atoms with Crippen LogP contribution in [-0.4, -0.2) is 30.8 Å². The van der Waals surface area contributed by atoms with E-state index >= 15 is 0 Å². The molecule has 1 aliphatic carbocycles. The van der Waals surface area contributed by atoms with Crippen molar-refractivity contribution in [2.24, 2.45) is 5.92 Å². The van der Waals surface area contributed by atoms with Crippen molar-refractivity contribution in [1.82, 2.24) is 4.90 Å². The van der Waals surface area contributed by atoms with Gasteiger partial charge in [0.05, 0.1) is 0 Å². The first kappa shape index (κ1) is 21.9. The van der Waals surface area contributed by atoms with Crippen LogP contribution in [0.5, 0.6) is 0 Å². The van der Waals surface area contributed by atoms with E-state index in [-0.39, 0.29) is 17.7 Å². The quantitative estimate of drug-likeness (QED) is 0.683. The van der Waals surface area contributed by atoms with E-state index in [1.54, 1.807) is 0 Å². The van der Waals surface area contributed by atoms with E-state index in [1.165, 1.54) is 0 Å². The third kappa shape index (κ3) is 5.62. The van der Waals surface area contributed by atoms with Crippen molar-refractivity contribution < 1.29 is 9.59 Å². The SMILES string of the molecule is CCC(=O)N(Cc1ccccc1)Cc1cc(NC(=O)C2CCCC2)ccc1N(C)C. The summed E-state index contributed by atoms with van der Waals surface area (Å²) in [5.74, 6) is 0.351. The first-order valence-corrected chi connectivity index (χ1v) is 10.9. The van der Waals surface area contributed by atoms with Gasteiger partial charge in [-0.1, -0.05) is 50.1 Å². The highest BCUT2D eigenvalue weighted by Crippen LogP contribution is 2.28. The van der Waals surface area contributed by atoms with Crippen LogP contribution < -0.4 is 10.2 Å². The Kier molecular flexibility index (Phi) is 7.50. The average molecular weight is 408 g/mol. The fourth-order valence-electron chi connectivity index (χ4n) is 4.12. The van der Waals surface area contributed by atoms with Gasteiger partial charge in [-0.2, -0.15) is 0 Å². The minimum atomic E-state index is 0.113. The van der Waals surface area contributed by atoms with Crippen LogP contribution in [0.1, 0.15) is 50.2 Å². The van der Waals surface area contributed by atoms with Crippen LogP contribution in [0.4, 0.5) is 11.4 Å². The van der Waals surface area contributed by atoms with E-state index in [1.807, 2.05) is 74.4 Å². The summed E-state index contributed by atoms with van der Waals surface area (Å²) in [5.41, 5.74) is 3.99. The topological polar surface area (TPSA) is 52.7 Å². The molecule has 5 nitrogen and oxygen atoms in total. The van der Waals surface area contributed by atoms with E-state index < -0.39 is 0 Å². The predicted octanol–water partition coefficient (Wildman–Crippen LogP) is 4.82. The van der Waals surface area contributed by atoms with Gasteiger partial charge in [0.15, 0.2) is 0 Å². The molecule has 30 heavy (non-hydrogen) atoms. The van der Waals surface area contributed by atoms with Gasteiger partial charge in [0.1, 0.15) is 0 Å². The van der Waals surface area contributed by atoms with Crippen molar-refractivity contribution in [3.8, 4) is 0 Å². The summed E-state index contributed by atoms with van der Waals surface area (Å²) in [6.07, 6.45) is 4.68. The van der Waals surface area contributed by atoms with Gasteiger partial charge in [-0.05, 0) is 42.2 Å². The van der Waals surface area contributed by atoms with Crippen molar-refractivity contribution in [2.45, 2.75) is 52.1 Å². The van der Waals surface area contributed by atoms with E-state index in [2.05, 4.69) is 10.2 Å².